The van der Waals surface area contributed by atoms with Gasteiger partial charge < -0.3 is 0 Å². The zero-order valence-corrected chi connectivity index (χ0v) is 7.44. The molecule has 0 atom stereocenters. The lowest BCUT2D eigenvalue weighted by Gasteiger charge is -1.78. The first-order valence-corrected chi connectivity index (χ1v) is 4.87. The Morgan fingerprint density at radius 2 is 2.62 bits per heavy atom. The van der Waals surface area contributed by atoms with E-state index in [1.54, 1.807) is 23.1 Å². The van der Waals surface area contributed by atoms with Gasteiger partial charge in [0.05, 0.1) is 0 Å². The van der Waals surface area contributed by atoms with Gasteiger partial charge in [-0.05, 0) is 22.2 Å². The van der Waals surface area contributed by atoms with E-state index in [1.165, 1.54) is 0 Å². The number of nitrogens with zero attached hydrogens (tertiary/aromatic N) is 1. The van der Waals surface area contributed by atoms with Crippen molar-refractivity contribution in [1.29, 1.82) is 0 Å². The van der Waals surface area contributed by atoms with Gasteiger partial charge >= 0.3 is 0 Å². The van der Waals surface area contributed by atoms with Gasteiger partial charge in [-0.1, -0.05) is 11.8 Å². The normalized spacial score (nSPS) is 9.75. The molecule has 0 fully saturated rings. The number of halogens is 1. The molecule has 0 unspecified atom stereocenters. The number of aromatic nitrogens is 1. The van der Waals surface area contributed by atoms with E-state index in [0.29, 0.717) is 0 Å². The quantitative estimate of drug-likeness (QED) is 0.661. The molecule has 0 spiro atoms. The molecule has 1 rings (SSSR count). The third-order valence-electron chi connectivity index (χ3n) is 0.630. The van der Waals surface area contributed by atoms with Crippen molar-refractivity contribution < 1.29 is 0 Å². The molecule has 0 aliphatic rings. The molecule has 0 radical (unpaired) electrons. The van der Waals surface area contributed by atoms with Gasteiger partial charge in [0, 0.05) is 5.38 Å². The van der Waals surface area contributed by atoms with Crippen molar-refractivity contribution in [2.75, 3.05) is 6.26 Å². The fraction of sp³-hybridized carbons (Fsp3) is 0.250. The predicted molar refractivity (Wildman–Crippen MR) is 41.6 cm³/mol. The molecule has 1 aromatic heterocycles. The summed E-state index contributed by atoms with van der Waals surface area (Å²) >= 11 is 6.58. The topological polar surface area (TPSA) is 12.9 Å². The molecular formula is C4H4BrNS2. The van der Waals surface area contributed by atoms with Crippen LogP contribution in [-0.4, -0.2) is 11.2 Å². The van der Waals surface area contributed by atoms with E-state index in [9.17, 15) is 0 Å². The molecule has 0 amide bonds. The Labute approximate surface area is 64.6 Å². The van der Waals surface area contributed by atoms with Crippen LogP contribution in [0.4, 0.5) is 0 Å². The van der Waals surface area contributed by atoms with Crippen molar-refractivity contribution >= 4 is 39.0 Å². The average Bonchev–Trinajstić information content (AvgIpc) is 2.14. The van der Waals surface area contributed by atoms with Crippen molar-refractivity contribution in [1.82, 2.24) is 4.98 Å². The standard InChI is InChI=1S/C4H4BrNS2/c1-7-4-6-3(5)2-8-4/h2H,1H3. The molecule has 1 aromatic rings. The van der Waals surface area contributed by atoms with Crippen LogP contribution in [-0.2, 0) is 0 Å². The van der Waals surface area contributed by atoms with Crippen LogP contribution in [0.2, 0.25) is 0 Å². The molecule has 4 heteroatoms. The number of rotatable bonds is 1. The van der Waals surface area contributed by atoms with Crippen molar-refractivity contribution in [3.05, 3.63) is 9.98 Å². The maximum absolute atomic E-state index is 4.13. The van der Waals surface area contributed by atoms with Gasteiger partial charge in [-0.15, -0.1) is 11.3 Å². The van der Waals surface area contributed by atoms with Gasteiger partial charge in [0.25, 0.3) is 0 Å². The van der Waals surface area contributed by atoms with Gasteiger partial charge in [-0.3, -0.25) is 0 Å². The predicted octanol–water partition coefficient (Wildman–Crippen LogP) is 2.63. The van der Waals surface area contributed by atoms with E-state index < -0.39 is 0 Å². The molecule has 1 heterocycles. The SMILES string of the molecule is CSc1nc(Br)cs1. The average molecular weight is 210 g/mol. The second kappa shape index (κ2) is 2.85. The maximum Gasteiger partial charge on any atom is 0.150 e. The first-order chi connectivity index (χ1) is 3.83. The van der Waals surface area contributed by atoms with Gasteiger partial charge in [-0.2, -0.15) is 0 Å². The van der Waals surface area contributed by atoms with Crippen LogP contribution < -0.4 is 0 Å². The number of hydrogen-bond acceptors (Lipinski definition) is 3. The third-order valence-corrected chi connectivity index (χ3v) is 3.20. The fourth-order valence-electron chi connectivity index (χ4n) is 0.333. The Hall–Kier alpha value is 0.460. The molecule has 8 heavy (non-hydrogen) atoms. The number of thiazole rings is 1. The molecule has 0 saturated heterocycles. The lowest BCUT2D eigenvalue weighted by Crippen LogP contribution is -1.61. The van der Waals surface area contributed by atoms with Crippen LogP contribution in [0.1, 0.15) is 0 Å². The first kappa shape index (κ1) is 6.58. The first-order valence-electron chi connectivity index (χ1n) is 1.98. The molecule has 0 aromatic carbocycles. The molecule has 0 bridgehead atoms. The number of thioether (sulfide) groups is 1. The fourth-order valence-corrected chi connectivity index (χ4v) is 2.15. The van der Waals surface area contributed by atoms with E-state index >= 15 is 0 Å². The molecule has 0 saturated carbocycles. The highest BCUT2D eigenvalue weighted by molar-refractivity contribution is 9.10. The molecule has 0 N–H and O–H groups in total. The summed E-state index contributed by atoms with van der Waals surface area (Å²) < 4.78 is 2.05. The lowest BCUT2D eigenvalue weighted by molar-refractivity contribution is 1.22. The van der Waals surface area contributed by atoms with Crippen LogP contribution in [0.3, 0.4) is 0 Å². The van der Waals surface area contributed by atoms with E-state index in [0.717, 1.165) is 8.94 Å². The van der Waals surface area contributed by atoms with Crippen LogP contribution in [0.25, 0.3) is 0 Å². The Bertz CT molecular complexity index is 174. The Morgan fingerprint density at radius 3 is 2.88 bits per heavy atom. The Kier molecular flexibility index (Phi) is 2.34. The Morgan fingerprint density at radius 1 is 1.88 bits per heavy atom. The van der Waals surface area contributed by atoms with Gasteiger partial charge in [0.15, 0.2) is 4.34 Å². The zero-order chi connectivity index (χ0) is 5.98. The monoisotopic (exact) mass is 209 g/mol. The second-order valence-corrected chi connectivity index (χ2v) is 3.86. The highest BCUT2D eigenvalue weighted by atomic mass is 79.9. The van der Waals surface area contributed by atoms with Crippen LogP contribution in [0.5, 0.6) is 0 Å². The largest absolute Gasteiger partial charge is 0.223 e. The van der Waals surface area contributed by atoms with E-state index in [-0.39, 0.29) is 0 Å². The summed E-state index contributed by atoms with van der Waals surface area (Å²) in [6.45, 7) is 0. The summed E-state index contributed by atoms with van der Waals surface area (Å²) in [5.41, 5.74) is 0. The minimum atomic E-state index is 0.937. The highest BCUT2D eigenvalue weighted by Gasteiger charge is 1.93. The Balaban J connectivity index is 2.84. The zero-order valence-electron chi connectivity index (χ0n) is 4.22. The molecule has 0 aliphatic carbocycles. The molecule has 0 aliphatic heterocycles. The van der Waals surface area contributed by atoms with Crippen LogP contribution in [0.15, 0.2) is 14.3 Å². The lowest BCUT2D eigenvalue weighted by atomic mass is 11.0. The third kappa shape index (κ3) is 1.47. The molecular weight excluding hydrogens is 206 g/mol. The summed E-state index contributed by atoms with van der Waals surface area (Å²) in [5, 5.41) is 1.98. The van der Waals surface area contributed by atoms with Crippen molar-refractivity contribution in [2.45, 2.75) is 4.34 Å². The van der Waals surface area contributed by atoms with Gasteiger partial charge in [0.1, 0.15) is 4.60 Å². The van der Waals surface area contributed by atoms with Gasteiger partial charge in [0.2, 0.25) is 0 Å². The van der Waals surface area contributed by atoms with Crippen molar-refractivity contribution in [3.63, 3.8) is 0 Å². The van der Waals surface area contributed by atoms with E-state index in [1.807, 2.05) is 11.6 Å². The highest BCUT2D eigenvalue weighted by Crippen LogP contribution is 2.22. The molecule has 44 valence electrons. The van der Waals surface area contributed by atoms with Gasteiger partial charge in [-0.25, -0.2) is 4.98 Å². The summed E-state index contributed by atoms with van der Waals surface area (Å²) in [5.74, 6) is 0. The van der Waals surface area contributed by atoms with Crippen LogP contribution in [0, 0.1) is 0 Å². The van der Waals surface area contributed by atoms with E-state index in [4.69, 9.17) is 0 Å². The van der Waals surface area contributed by atoms with Crippen LogP contribution >= 0.6 is 39.0 Å². The summed E-state index contributed by atoms with van der Waals surface area (Å²) in [7, 11) is 0. The smallest absolute Gasteiger partial charge is 0.150 e. The summed E-state index contributed by atoms with van der Waals surface area (Å²) in [6, 6.07) is 0. The summed E-state index contributed by atoms with van der Waals surface area (Å²) in [4.78, 5) is 4.13. The summed E-state index contributed by atoms with van der Waals surface area (Å²) in [6.07, 6.45) is 2.02. The minimum absolute atomic E-state index is 0.937. The second-order valence-electron chi connectivity index (χ2n) is 1.14. The molecule has 1 nitrogen and oxygen atoms in total. The maximum atomic E-state index is 4.13. The van der Waals surface area contributed by atoms with E-state index in [2.05, 4.69) is 20.9 Å². The number of hydrogen-bond donors (Lipinski definition) is 0. The minimum Gasteiger partial charge on any atom is -0.223 e. The van der Waals surface area contributed by atoms with Crippen molar-refractivity contribution in [3.8, 4) is 0 Å². The van der Waals surface area contributed by atoms with Crippen molar-refractivity contribution in [2.24, 2.45) is 0 Å².